The number of hydrogen-bond donors (Lipinski definition) is 3. The van der Waals surface area contributed by atoms with Crippen LogP contribution in [-0.2, 0) is 9.59 Å². The molecule has 138 valence electrons. The predicted molar refractivity (Wildman–Crippen MR) is 103 cm³/mol. The molecule has 2 amide bonds. The molecule has 1 aliphatic heterocycles. The number of nitrogens with zero attached hydrogens (tertiary/aromatic N) is 2. The SMILES string of the molecule is COc1ccccc1C=NNC1=NC(CC(=O)Nc2ccccc2)C(=O)N1. The Morgan fingerprint density at radius 1 is 1.22 bits per heavy atom. The number of nitrogens with one attached hydrogen (secondary N) is 3. The zero-order chi connectivity index (χ0) is 19.1. The standard InChI is InChI=1S/C19H19N5O3/c1-27-16-10-6-5-7-13(16)12-20-24-19-22-15(18(26)23-19)11-17(25)21-14-8-3-2-4-9-14/h2-10,12,15H,11H2,1H3,(H,21,25)(H2,22,23,24,26). The molecule has 0 radical (unpaired) electrons. The van der Waals surface area contributed by atoms with E-state index < -0.39 is 6.04 Å². The van der Waals surface area contributed by atoms with E-state index in [1.807, 2.05) is 42.5 Å². The number of anilines is 1. The summed E-state index contributed by atoms with van der Waals surface area (Å²) >= 11 is 0. The van der Waals surface area contributed by atoms with Crippen molar-refractivity contribution in [3.8, 4) is 5.75 Å². The molecule has 27 heavy (non-hydrogen) atoms. The number of hydrogen-bond acceptors (Lipinski definition) is 6. The molecule has 3 N–H and O–H groups in total. The average molecular weight is 365 g/mol. The summed E-state index contributed by atoms with van der Waals surface area (Å²) in [5, 5.41) is 9.34. The third-order valence-electron chi connectivity index (χ3n) is 3.78. The molecule has 2 aromatic carbocycles. The number of hydrazone groups is 1. The summed E-state index contributed by atoms with van der Waals surface area (Å²) in [6, 6.07) is 15.6. The van der Waals surface area contributed by atoms with Crippen LogP contribution in [0.1, 0.15) is 12.0 Å². The minimum absolute atomic E-state index is 0.0534. The lowest BCUT2D eigenvalue weighted by Crippen LogP contribution is -2.35. The molecule has 8 nitrogen and oxygen atoms in total. The maximum atomic E-state index is 12.1. The van der Waals surface area contributed by atoms with Crippen LogP contribution in [0.2, 0.25) is 0 Å². The first kappa shape index (κ1) is 18.1. The second-order valence-corrected chi connectivity index (χ2v) is 5.71. The number of carbonyl (C=O) groups excluding carboxylic acids is 2. The Labute approximate surface area is 156 Å². The highest BCUT2D eigenvalue weighted by Gasteiger charge is 2.28. The van der Waals surface area contributed by atoms with Crippen LogP contribution in [0.4, 0.5) is 5.69 Å². The normalized spacial score (nSPS) is 16.0. The number of methoxy groups -OCH3 is 1. The van der Waals surface area contributed by atoms with Crippen molar-refractivity contribution in [3.63, 3.8) is 0 Å². The topological polar surface area (TPSA) is 104 Å². The van der Waals surface area contributed by atoms with Crippen LogP contribution in [0.25, 0.3) is 0 Å². The number of guanidine groups is 1. The van der Waals surface area contributed by atoms with Gasteiger partial charge in [0.05, 0.1) is 19.7 Å². The Hall–Kier alpha value is -3.68. The van der Waals surface area contributed by atoms with Crippen LogP contribution in [0.3, 0.4) is 0 Å². The molecule has 0 aromatic heterocycles. The van der Waals surface area contributed by atoms with Crippen LogP contribution >= 0.6 is 0 Å². The Balaban J connectivity index is 1.56. The van der Waals surface area contributed by atoms with Crippen LogP contribution in [0.5, 0.6) is 5.75 Å². The van der Waals surface area contributed by atoms with Gasteiger partial charge in [0.2, 0.25) is 11.9 Å². The Bertz CT molecular complexity index is 880. The fourth-order valence-corrected chi connectivity index (χ4v) is 2.49. The zero-order valence-corrected chi connectivity index (χ0v) is 14.7. The fraction of sp³-hybridized carbons (Fsp3) is 0.158. The fourth-order valence-electron chi connectivity index (χ4n) is 2.49. The monoisotopic (exact) mass is 365 g/mol. The smallest absolute Gasteiger partial charge is 0.252 e. The first-order valence-corrected chi connectivity index (χ1v) is 8.31. The quantitative estimate of drug-likeness (QED) is 0.533. The molecule has 0 saturated heterocycles. The second kappa shape index (κ2) is 8.61. The van der Waals surface area contributed by atoms with E-state index in [0.717, 1.165) is 5.56 Å². The summed E-state index contributed by atoms with van der Waals surface area (Å²) in [7, 11) is 1.58. The minimum atomic E-state index is -0.794. The Morgan fingerprint density at radius 3 is 2.74 bits per heavy atom. The molecule has 1 atom stereocenters. The Kier molecular flexibility index (Phi) is 5.78. The number of para-hydroxylation sites is 2. The highest BCUT2D eigenvalue weighted by molar-refractivity contribution is 6.07. The van der Waals surface area contributed by atoms with E-state index in [9.17, 15) is 9.59 Å². The summed E-state index contributed by atoms with van der Waals surface area (Å²) in [4.78, 5) is 28.2. The molecule has 1 unspecified atom stereocenters. The summed E-state index contributed by atoms with van der Waals surface area (Å²) in [6.07, 6.45) is 1.51. The van der Waals surface area contributed by atoms with Crippen molar-refractivity contribution in [2.24, 2.45) is 10.1 Å². The van der Waals surface area contributed by atoms with Gasteiger partial charge >= 0.3 is 0 Å². The van der Waals surface area contributed by atoms with Gasteiger partial charge in [0.25, 0.3) is 5.91 Å². The molecule has 0 bridgehead atoms. The van der Waals surface area contributed by atoms with Gasteiger partial charge in [-0.15, -0.1) is 0 Å². The number of ether oxygens (including phenoxy) is 1. The van der Waals surface area contributed by atoms with Gasteiger partial charge in [-0.1, -0.05) is 30.3 Å². The van der Waals surface area contributed by atoms with E-state index in [2.05, 4.69) is 26.2 Å². The Morgan fingerprint density at radius 2 is 1.96 bits per heavy atom. The molecule has 2 aromatic rings. The summed E-state index contributed by atoms with van der Waals surface area (Å²) in [5.74, 6) is 0.233. The maximum absolute atomic E-state index is 12.1. The van der Waals surface area contributed by atoms with Gasteiger partial charge in [0.15, 0.2) is 0 Å². The maximum Gasteiger partial charge on any atom is 0.252 e. The van der Waals surface area contributed by atoms with Crippen LogP contribution in [0.15, 0.2) is 64.7 Å². The molecule has 0 fully saturated rings. The van der Waals surface area contributed by atoms with E-state index in [-0.39, 0.29) is 24.2 Å². The van der Waals surface area contributed by atoms with Crippen molar-refractivity contribution >= 4 is 29.7 Å². The molecule has 3 rings (SSSR count). The molecular formula is C19H19N5O3. The summed E-state index contributed by atoms with van der Waals surface area (Å²) < 4.78 is 5.23. The van der Waals surface area contributed by atoms with Crippen molar-refractivity contribution in [3.05, 3.63) is 60.2 Å². The van der Waals surface area contributed by atoms with Crippen LogP contribution < -0.4 is 20.8 Å². The summed E-state index contributed by atoms with van der Waals surface area (Å²) in [5.41, 5.74) is 4.11. The largest absolute Gasteiger partial charge is 0.496 e. The van der Waals surface area contributed by atoms with Crippen molar-refractivity contribution in [1.82, 2.24) is 10.7 Å². The van der Waals surface area contributed by atoms with Gasteiger partial charge in [-0.05, 0) is 24.3 Å². The number of carbonyl (C=O) groups is 2. The van der Waals surface area contributed by atoms with Gasteiger partial charge in [-0.25, -0.2) is 10.4 Å². The molecule has 1 heterocycles. The van der Waals surface area contributed by atoms with E-state index >= 15 is 0 Å². The van der Waals surface area contributed by atoms with Crippen molar-refractivity contribution < 1.29 is 14.3 Å². The lowest BCUT2D eigenvalue weighted by molar-refractivity contribution is -0.123. The zero-order valence-electron chi connectivity index (χ0n) is 14.7. The van der Waals surface area contributed by atoms with Gasteiger partial charge in [0.1, 0.15) is 11.8 Å². The van der Waals surface area contributed by atoms with Gasteiger partial charge in [-0.3, -0.25) is 14.9 Å². The highest BCUT2D eigenvalue weighted by Crippen LogP contribution is 2.14. The number of amides is 2. The van der Waals surface area contributed by atoms with Gasteiger partial charge in [-0.2, -0.15) is 5.10 Å². The number of aliphatic imine (C=N–C) groups is 1. The van der Waals surface area contributed by atoms with E-state index in [0.29, 0.717) is 11.4 Å². The second-order valence-electron chi connectivity index (χ2n) is 5.71. The number of benzene rings is 2. The summed E-state index contributed by atoms with van der Waals surface area (Å²) in [6.45, 7) is 0. The van der Waals surface area contributed by atoms with Crippen LogP contribution in [0, 0.1) is 0 Å². The molecule has 0 aliphatic carbocycles. The van der Waals surface area contributed by atoms with Crippen LogP contribution in [-0.4, -0.2) is 37.1 Å². The highest BCUT2D eigenvalue weighted by atomic mass is 16.5. The molecule has 0 spiro atoms. The third kappa shape index (κ3) is 4.91. The lowest BCUT2D eigenvalue weighted by Gasteiger charge is -2.06. The lowest BCUT2D eigenvalue weighted by atomic mass is 10.2. The molecule has 1 aliphatic rings. The predicted octanol–water partition coefficient (Wildman–Crippen LogP) is 1.50. The van der Waals surface area contributed by atoms with Gasteiger partial charge in [0, 0.05) is 11.3 Å². The third-order valence-corrected chi connectivity index (χ3v) is 3.78. The van der Waals surface area contributed by atoms with Crippen molar-refractivity contribution in [2.75, 3.05) is 12.4 Å². The minimum Gasteiger partial charge on any atom is -0.496 e. The average Bonchev–Trinajstić information content (AvgIpc) is 3.02. The first-order chi connectivity index (χ1) is 13.2. The van der Waals surface area contributed by atoms with E-state index in [1.54, 1.807) is 25.5 Å². The molecular weight excluding hydrogens is 346 g/mol. The molecule has 8 heteroatoms. The van der Waals surface area contributed by atoms with Gasteiger partial charge < -0.3 is 10.1 Å². The first-order valence-electron chi connectivity index (χ1n) is 8.31. The van der Waals surface area contributed by atoms with E-state index in [4.69, 9.17) is 4.74 Å². The number of rotatable bonds is 6. The molecule has 0 saturated carbocycles. The van der Waals surface area contributed by atoms with E-state index in [1.165, 1.54) is 0 Å². The van der Waals surface area contributed by atoms with Crippen molar-refractivity contribution in [1.29, 1.82) is 0 Å². The van der Waals surface area contributed by atoms with Crippen molar-refractivity contribution in [2.45, 2.75) is 12.5 Å².